The molecule has 0 aromatic heterocycles. The molecule has 0 atom stereocenters. The van der Waals surface area contributed by atoms with E-state index in [4.69, 9.17) is 12.2 Å². The van der Waals surface area contributed by atoms with Crippen LogP contribution in [0, 0.1) is 12.3 Å². The highest BCUT2D eigenvalue weighted by atomic mass is 14.5. The second-order valence-corrected chi connectivity index (χ2v) is 1.80. The maximum absolute atomic E-state index is 5.12. The lowest BCUT2D eigenvalue weighted by Gasteiger charge is -1.80. The number of hydrogen-bond acceptors (Lipinski definition) is 1. The quantitative estimate of drug-likeness (QED) is 0.444. The summed E-state index contributed by atoms with van der Waals surface area (Å²) in [5.74, 6) is 2.49. The molecule has 1 heteroatoms. The lowest BCUT2D eigenvalue weighted by atomic mass is 10.3. The first-order valence-electron chi connectivity index (χ1n) is 3.46. The average molecular weight is 127 g/mol. The second-order valence-electron chi connectivity index (χ2n) is 1.80. The summed E-state index contributed by atoms with van der Waals surface area (Å²) in [5, 5.41) is 0. The molecule has 9 heavy (non-hydrogen) atoms. The van der Waals surface area contributed by atoms with Gasteiger partial charge < -0.3 is 5.73 Å². The molecular formula is C8H17N. The van der Waals surface area contributed by atoms with E-state index in [1.807, 2.05) is 0 Å². The first-order valence-corrected chi connectivity index (χ1v) is 3.46. The van der Waals surface area contributed by atoms with E-state index in [1.54, 1.807) is 0 Å². The molecule has 0 heterocycles. The van der Waals surface area contributed by atoms with Gasteiger partial charge in [0.1, 0.15) is 0 Å². The maximum atomic E-state index is 5.12. The predicted octanol–water partition coefficient (Wildman–Crippen LogP) is 1.77. The molecule has 2 N–H and O–H groups in total. The van der Waals surface area contributed by atoms with E-state index in [0.717, 1.165) is 12.8 Å². The van der Waals surface area contributed by atoms with Crippen molar-refractivity contribution in [3.8, 4) is 12.3 Å². The molecule has 0 spiro atoms. The summed E-state index contributed by atoms with van der Waals surface area (Å²) >= 11 is 0. The third-order valence-electron chi connectivity index (χ3n) is 0.525. The Balaban J connectivity index is 0. The SMILES string of the molecule is C#CCCCN.CCC. The van der Waals surface area contributed by atoms with Gasteiger partial charge in [-0.25, -0.2) is 0 Å². The molecule has 0 aromatic rings. The van der Waals surface area contributed by atoms with Crippen molar-refractivity contribution >= 4 is 0 Å². The Labute approximate surface area is 58.6 Å². The number of nitrogens with two attached hydrogens (primary N) is 1. The molecule has 0 unspecified atom stereocenters. The van der Waals surface area contributed by atoms with E-state index in [0.29, 0.717) is 6.54 Å². The van der Waals surface area contributed by atoms with Crippen LogP contribution in [0.15, 0.2) is 0 Å². The largest absolute Gasteiger partial charge is 0.330 e. The van der Waals surface area contributed by atoms with Crippen molar-refractivity contribution in [1.29, 1.82) is 0 Å². The Morgan fingerprint density at radius 2 is 1.89 bits per heavy atom. The van der Waals surface area contributed by atoms with E-state index < -0.39 is 0 Å². The summed E-state index contributed by atoms with van der Waals surface area (Å²) in [6.45, 7) is 4.96. The van der Waals surface area contributed by atoms with Gasteiger partial charge in [-0.15, -0.1) is 12.3 Å². The normalized spacial score (nSPS) is 6.89. The third-order valence-corrected chi connectivity index (χ3v) is 0.525. The number of rotatable bonds is 2. The lowest BCUT2D eigenvalue weighted by molar-refractivity contribution is 0.870. The van der Waals surface area contributed by atoms with Crippen molar-refractivity contribution in [1.82, 2.24) is 0 Å². The van der Waals surface area contributed by atoms with Gasteiger partial charge in [0.25, 0.3) is 0 Å². The van der Waals surface area contributed by atoms with Crippen LogP contribution in [0.5, 0.6) is 0 Å². The van der Waals surface area contributed by atoms with Crippen LogP contribution in [-0.4, -0.2) is 6.54 Å². The second kappa shape index (κ2) is 15.6. The van der Waals surface area contributed by atoms with Crippen molar-refractivity contribution in [2.75, 3.05) is 6.54 Å². The summed E-state index contributed by atoms with van der Waals surface area (Å²) in [6.07, 6.45) is 7.93. The Morgan fingerprint density at radius 3 is 2.00 bits per heavy atom. The molecule has 0 amide bonds. The minimum absolute atomic E-state index is 0.712. The minimum atomic E-state index is 0.712. The number of terminal acetylenes is 1. The van der Waals surface area contributed by atoms with Gasteiger partial charge in [0, 0.05) is 6.42 Å². The van der Waals surface area contributed by atoms with Gasteiger partial charge in [-0.05, 0) is 13.0 Å². The number of unbranched alkanes of at least 4 members (excludes halogenated alkanes) is 1. The fourth-order valence-corrected chi connectivity index (χ4v) is 0.204. The lowest BCUT2D eigenvalue weighted by Crippen LogP contribution is -1.96. The van der Waals surface area contributed by atoms with Crippen molar-refractivity contribution in [2.24, 2.45) is 5.73 Å². The van der Waals surface area contributed by atoms with Crippen LogP contribution in [0.2, 0.25) is 0 Å². The Bertz CT molecular complexity index is 61.5. The maximum Gasteiger partial charge on any atom is 0.00980 e. The van der Waals surface area contributed by atoms with E-state index in [9.17, 15) is 0 Å². The summed E-state index contributed by atoms with van der Waals surface area (Å²) in [4.78, 5) is 0. The molecule has 0 aromatic carbocycles. The van der Waals surface area contributed by atoms with Gasteiger partial charge >= 0.3 is 0 Å². The monoisotopic (exact) mass is 127 g/mol. The van der Waals surface area contributed by atoms with Crippen molar-refractivity contribution in [3.63, 3.8) is 0 Å². The number of hydrogen-bond donors (Lipinski definition) is 1. The molecule has 0 saturated carbocycles. The zero-order chi connectivity index (χ0) is 7.54. The molecular weight excluding hydrogens is 110 g/mol. The van der Waals surface area contributed by atoms with Crippen LogP contribution < -0.4 is 5.73 Å². The van der Waals surface area contributed by atoms with Crippen molar-refractivity contribution in [2.45, 2.75) is 33.1 Å². The summed E-state index contributed by atoms with van der Waals surface area (Å²) in [5.41, 5.74) is 5.12. The summed E-state index contributed by atoms with van der Waals surface area (Å²) in [7, 11) is 0. The fourth-order valence-electron chi connectivity index (χ4n) is 0.204. The highest BCUT2D eigenvalue weighted by molar-refractivity contribution is 4.82. The van der Waals surface area contributed by atoms with Crippen LogP contribution >= 0.6 is 0 Å². The molecule has 1 nitrogen and oxygen atoms in total. The van der Waals surface area contributed by atoms with Crippen LogP contribution in [-0.2, 0) is 0 Å². The highest BCUT2D eigenvalue weighted by Crippen LogP contribution is 1.77. The van der Waals surface area contributed by atoms with Crippen LogP contribution in [0.3, 0.4) is 0 Å². The van der Waals surface area contributed by atoms with Gasteiger partial charge in [0.15, 0.2) is 0 Å². The molecule has 54 valence electrons. The van der Waals surface area contributed by atoms with Gasteiger partial charge in [-0.1, -0.05) is 20.3 Å². The molecule has 0 bridgehead atoms. The van der Waals surface area contributed by atoms with Crippen molar-refractivity contribution in [3.05, 3.63) is 0 Å². The topological polar surface area (TPSA) is 26.0 Å². The van der Waals surface area contributed by atoms with Crippen molar-refractivity contribution < 1.29 is 0 Å². The zero-order valence-electron chi connectivity index (χ0n) is 6.48. The Morgan fingerprint density at radius 1 is 1.44 bits per heavy atom. The van der Waals surface area contributed by atoms with E-state index in [-0.39, 0.29) is 0 Å². The standard InChI is InChI=1S/C5H9N.C3H8/c1-2-3-4-5-6;1-3-2/h1H,3-6H2;3H2,1-2H3. The van der Waals surface area contributed by atoms with E-state index >= 15 is 0 Å². The van der Waals surface area contributed by atoms with E-state index in [2.05, 4.69) is 19.8 Å². The first-order chi connectivity index (χ1) is 4.33. The molecule has 0 radical (unpaired) electrons. The van der Waals surface area contributed by atoms with Gasteiger partial charge in [0.2, 0.25) is 0 Å². The molecule has 0 saturated heterocycles. The summed E-state index contributed by atoms with van der Waals surface area (Å²) < 4.78 is 0. The highest BCUT2D eigenvalue weighted by Gasteiger charge is 1.71. The minimum Gasteiger partial charge on any atom is -0.330 e. The fraction of sp³-hybridized carbons (Fsp3) is 0.750. The Hall–Kier alpha value is -0.480. The summed E-state index contributed by atoms with van der Waals surface area (Å²) in [6, 6.07) is 0. The van der Waals surface area contributed by atoms with Gasteiger partial charge in [-0.2, -0.15) is 0 Å². The Kier molecular flexibility index (Phi) is 19.7. The third kappa shape index (κ3) is 36.1. The first kappa shape index (κ1) is 11.3. The smallest absolute Gasteiger partial charge is 0.00980 e. The molecule has 0 fully saturated rings. The average Bonchev–Trinajstić information content (AvgIpc) is 1.86. The van der Waals surface area contributed by atoms with Gasteiger partial charge in [0.05, 0.1) is 0 Å². The molecule has 0 aliphatic carbocycles. The zero-order valence-corrected chi connectivity index (χ0v) is 6.48. The molecule has 0 aliphatic rings. The molecule has 0 aliphatic heterocycles. The predicted molar refractivity (Wildman–Crippen MR) is 43.1 cm³/mol. The van der Waals surface area contributed by atoms with Crippen LogP contribution in [0.4, 0.5) is 0 Å². The van der Waals surface area contributed by atoms with Gasteiger partial charge in [-0.3, -0.25) is 0 Å². The van der Waals surface area contributed by atoms with Crippen LogP contribution in [0.25, 0.3) is 0 Å². The van der Waals surface area contributed by atoms with Crippen LogP contribution in [0.1, 0.15) is 33.1 Å². The van der Waals surface area contributed by atoms with E-state index in [1.165, 1.54) is 6.42 Å². The molecule has 0 rings (SSSR count).